The van der Waals surface area contributed by atoms with Gasteiger partial charge >= 0.3 is 0 Å². The Hall–Kier alpha value is -2.34. The third kappa shape index (κ3) is 6.12. The van der Waals surface area contributed by atoms with Crippen molar-refractivity contribution in [2.24, 2.45) is 5.16 Å². The van der Waals surface area contributed by atoms with Gasteiger partial charge in [-0.05, 0) is 61.0 Å². The highest BCUT2D eigenvalue weighted by Gasteiger charge is 2.02. The predicted molar refractivity (Wildman–Crippen MR) is 93.9 cm³/mol. The molecule has 23 heavy (non-hydrogen) atoms. The lowest BCUT2D eigenvalue weighted by Crippen LogP contribution is -2.16. The van der Waals surface area contributed by atoms with Gasteiger partial charge in [0.15, 0.2) is 6.61 Å². The second-order valence-corrected chi connectivity index (χ2v) is 5.48. The van der Waals surface area contributed by atoms with E-state index in [2.05, 4.69) is 26.4 Å². The second kappa shape index (κ2) is 8.95. The standard InChI is InChI=1S/C17H17BrN2O3/c1-2-22-16-9-3-13(4-10-16)11-19-23-12-17(21)20-15-7-5-14(18)6-8-15/h3-11H,2,12H2,1H3,(H,20,21)/b19-11-. The van der Waals surface area contributed by atoms with Crippen LogP contribution in [0.4, 0.5) is 5.69 Å². The first-order valence-corrected chi connectivity index (χ1v) is 7.90. The number of hydrogen-bond donors (Lipinski definition) is 1. The van der Waals surface area contributed by atoms with Crippen molar-refractivity contribution >= 4 is 33.7 Å². The number of anilines is 1. The molecule has 0 spiro atoms. The molecule has 1 N–H and O–H groups in total. The summed E-state index contributed by atoms with van der Waals surface area (Å²) in [4.78, 5) is 16.7. The van der Waals surface area contributed by atoms with Gasteiger partial charge in [-0.25, -0.2) is 0 Å². The first-order valence-electron chi connectivity index (χ1n) is 7.11. The molecule has 0 aliphatic heterocycles. The van der Waals surface area contributed by atoms with Crippen LogP contribution in [-0.4, -0.2) is 25.3 Å². The van der Waals surface area contributed by atoms with E-state index in [1.165, 1.54) is 0 Å². The number of ether oxygens (including phenoxy) is 1. The highest BCUT2D eigenvalue weighted by Crippen LogP contribution is 2.14. The summed E-state index contributed by atoms with van der Waals surface area (Å²) in [5.41, 5.74) is 1.57. The fraction of sp³-hybridized carbons (Fsp3) is 0.176. The normalized spacial score (nSPS) is 10.5. The van der Waals surface area contributed by atoms with Crippen molar-refractivity contribution in [1.82, 2.24) is 0 Å². The second-order valence-electron chi connectivity index (χ2n) is 4.57. The van der Waals surface area contributed by atoms with Crippen molar-refractivity contribution in [2.75, 3.05) is 18.5 Å². The van der Waals surface area contributed by atoms with Gasteiger partial charge < -0.3 is 14.9 Å². The quantitative estimate of drug-likeness (QED) is 0.589. The highest BCUT2D eigenvalue weighted by atomic mass is 79.9. The molecule has 0 heterocycles. The van der Waals surface area contributed by atoms with Crippen LogP contribution in [0.25, 0.3) is 0 Å². The van der Waals surface area contributed by atoms with E-state index in [0.717, 1.165) is 15.8 Å². The zero-order valence-electron chi connectivity index (χ0n) is 12.7. The summed E-state index contributed by atoms with van der Waals surface area (Å²) >= 11 is 3.33. The van der Waals surface area contributed by atoms with Gasteiger partial charge in [0, 0.05) is 10.2 Å². The van der Waals surface area contributed by atoms with Crippen molar-refractivity contribution in [3.63, 3.8) is 0 Å². The van der Waals surface area contributed by atoms with Crippen LogP contribution in [0.3, 0.4) is 0 Å². The van der Waals surface area contributed by atoms with Crippen molar-refractivity contribution in [2.45, 2.75) is 6.92 Å². The number of carbonyl (C=O) groups is 1. The molecule has 2 aromatic carbocycles. The fourth-order valence-corrected chi connectivity index (χ4v) is 2.01. The van der Waals surface area contributed by atoms with Crippen molar-refractivity contribution in [3.05, 3.63) is 58.6 Å². The Morgan fingerprint density at radius 1 is 1.17 bits per heavy atom. The Balaban J connectivity index is 1.75. The molecule has 0 radical (unpaired) electrons. The minimum absolute atomic E-state index is 0.149. The Kier molecular flexibility index (Phi) is 6.62. The molecule has 0 saturated carbocycles. The van der Waals surface area contributed by atoms with E-state index in [0.29, 0.717) is 12.3 Å². The van der Waals surface area contributed by atoms with E-state index < -0.39 is 0 Å². The molecule has 2 aromatic rings. The number of hydrogen-bond acceptors (Lipinski definition) is 4. The summed E-state index contributed by atoms with van der Waals surface area (Å²) in [6.07, 6.45) is 1.54. The highest BCUT2D eigenvalue weighted by molar-refractivity contribution is 9.10. The van der Waals surface area contributed by atoms with E-state index >= 15 is 0 Å². The summed E-state index contributed by atoms with van der Waals surface area (Å²) in [6.45, 7) is 2.41. The van der Waals surface area contributed by atoms with Crippen LogP contribution in [0, 0.1) is 0 Å². The van der Waals surface area contributed by atoms with Crippen LogP contribution in [0.5, 0.6) is 5.75 Å². The SMILES string of the molecule is CCOc1ccc(/C=N\OCC(=O)Nc2ccc(Br)cc2)cc1. The third-order valence-electron chi connectivity index (χ3n) is 2.79. The lowest BCUT2D eigenvalue weighted by atomic mass is 10.2. The maximum Gasteiger partial charge on any atom is 0.265 e. The van der Waals surface area contributed by atoms with Gasteiger partial charge in [-0.2, -0.15) is 0 Å². The molecule has 0 aromatic heterocycles. The molecule has 1 amide bonds. The molecule has 0 aliphatic carbocycles. The topological polar surface area (TPSA) is 59.9 Å². The minimum Gasteiger partial charge on any atom is -0.494 e. The molecule has 0 atom stereocenters. The smallest absolute Gasteiger partial charge is 0.265 e. The van der Waals surface area contributed by atoms with Crippen LogP contribution in [-0.2, 0) is 9.63 Å². The fourth-order valence-electron chi connectivity index (χ4n) is 1.74. The molecule has 0 unspecified atom stereocenters. The number of amides is 1. The molecule has 0 aliphatic rings. The number of nitrogens with one attached hydrogen (secondary N) is 1. The molecular weight excluding hydrogens is 360 g/mol. The van der Waals surface area contributed by atoms with E-state index in [-0.39, 0.29) is 12.5 Å². The third-order valence-corrected chi connectivity index (χ3v) is 3.32. The van der Waals surface area contributed by atoms with Gasteiger partial charge in [-0.3, -0.25) is 4.79 Å². The van der Waals surface area contributed by atoms with Crippen LogP contribution in [0.2, 0.25) is 0 Å². The number of carbonyl (C=O) groups excluding carboxylic acids is 1. The number of rotatable bonds is 7. The Bertz CT molecular complexity index is 655. The summed E-state index contributed by atoms with van der Waals surface area (Å²) in [5, 5.41) is 6.49. The zero-order valence-corrected chi connectivity index (χ0v) is 14.2. The average molecular weight is 377 g/mol. The van der Waals surface area contributed by atoms with Gasteiger partial charge in [0.05, 0.1) is 12.8 Å². The first-order chi connectivity index (χ1) is 11.2. The largest absolute Gasteiger partial charge is 0.494 e. The lowest BCUT2D eigenvalue weighted by molar-refractivity contribution is -0.120. The zero-order chi connectivity index (χ0) is 16.5. The van der Waals surface area contributed by atoms with Gasteiger partial charge in [0.1, 0.15) is 5.75 Å². The summed E-state index contributed by atoms with van der Waals surface area (Å²) in [5.74, 6) is 0.538. The first kappa shape index (κ1) is 17.0. The molecule has 0 fully saturated rings. The summed E-state index contributed by atoms with van der Waals surface area (Å²) in [6, 6.07) is 14.7. The van der Waals surface area contributed by atoms with E-state index in [4.69, 9.17) is 9.57 Å². The Morgan fingerprint density at radius 3 is 2.52 bits per heavy atom. The lowest BCUT2D eigenvalue weighted by Gasteiger charge is -2.04. The predicted octanol–water partition coefficient (Wildman–Crippen LogP) is 3.84. The molecule has 6 heteroatoms. The molecule has 0 bridgehead atoms. The number of nitrogens with zero attached hydrogens (tertiary/aromatic N) is 1. The van der Waals surface area contributed by atoms with Gasteiger partial charge in [-0.1, -0.05) is 21.1 Å². The Morgan fingerprint density at radius 2 is 1.87 bits per heavy atom. The molecule has 5 nitrogen and oxygen atoms in total. The van der Waals surface area contributed by atoms with Crippen molar-refractivity contribution < 1.29 is 14.4 Å². The van der Waals surface area contributed by atoms with Crippen molar-refractivity contribution in [3.8, 4) is 5.75 Å². The van der Waals surface area contributed by atoms with E-state index in [1.807, 2.05) is 43.3 Å². The van der Waals surface area contributed by atoms with Crippen LogP contribution in [0.15, 0.2) is 58.2 Å². The number of halogens is 1. The summed E-state index contributed by atoms with van der Waals surface area (Å²) in [7, 11) is 0. The molecule has 0 saturated heterocycles. The molecular formula is C17H17BrN2O3. The van der Waals surface area contributed by atoms with Gasteiger partial charge in [-0.15, -0.1) is 0 Å². The maximum absolute atomic E-state index is 11.7. The Labute approximate surface area is 143 Å². The van der Waals surface area contributed by atoms with Gasteiger partial charge in [0.2, 0.25) is 0 Å². The maximum atomic E-state index is 11.7. The van der Waals surface area contributed by atoms with E-state index in [9.17, 15) is 4.79 Å². The average Bonchev–Trinajstić information content (AvgIpc) is 2.55. The van der Waals surface area contributed by atoms with Crippen molar-refractivity contribution in [1.29, 1.82) is 0 Å². The minimum atomic E-state index is -0.267. The number of oxime groups is 1. The van der Waals surface area contributed by atoms with Crippen LogP contribution in [0.1, 0.15) is 12.5 Å². The van der Waals surface area contributed by atoms with E-state index in [1.54, 1.807) is 18.3 Å². The number of benzene rings is 2. The monoisotopic (exact) mass is 376 g/mol. The van der Waals surface area contributed by atoms with Gasteiger partial charge in [0.25, 0.3) is 5.91 Å². The van der Waals surface area contributed by atoms with Crippen LogP contribution >= 0.6 is 15.9 Å². The molecule has 2 rings (SSSR count). The summed E-state index contributed by atoms with van der Waals surface area (Å²) < 4.78 is 6.30. The molecule has 120 valence electrons. The van der Waals surface area contributed by atoms with Crippen LogP contribution < -0.4 is 10.1 Å².